The Morgan fingerprint density at radius 2 is 2.00 bits per heavy atom. The highest BCUT2D eigenvalue weighted by molar-refractivity contribution is 5.80. The minimum absolute atomic E-state index is 0.0846. The van der Waals surface area contributed by atoms with Crippen LogP contribution in [0.15, 0.2) is 0 Å². The quantitative estimate of drug-likeness (QED) is 0.786. The largest absolute Gasteiger partial charge is 0.355 e. The molecule has 0 spiro atoms. The highest BCUT2D eigenvalue weighted by Crippen LogP contribution is 2.47. The summed E-state index contributed by atoms with van der Waals surface area (Å²) in [4.78, 5) is 12.2. The fraction of sp³-hybridized carbons (Fsp3) is 0.929. The third-order valence-electron chi connectivity index (χ3n) is 4.98. The second kappa shape index (κ2) is 4.60. The maximum atomic E-state index is 12.2. The fourth-order valence-corrected chi connectivity index (χ4v) is 3.29. The number of hydrogen-bond donors (Lipinski definition) is 2. The summed E-state index contributed by atoms with van der Waals surface area (Å²) in [5.74, 6) is 1.45. The average molecular weight is 238 g/mol. The van der Waals surface area contributed by atoms with E-state index in [2.05, 4.69) is 26.1 Å². The molecule has 3 nitrogen and oxygen atoms in total. The number of hydrogen-bond acceptors (Lipinski definition) is 2. The van der Waals surface area contributed by atoms with Gasteiger partial charge in [0.2, 0.25) is 5.91 Å². The van der Waals surface area contributed by atoms with Gasteiger partial charge in [-0.15, -0.1) is 0 Å². The summed E-state index contributed by atoms with van der Waals surface area (Å²) in [6, 6.07) is 0.110. The van der Waals surface area contributed by atoms with Crippen LogP contribution in [0.3, 0.4) is 0 Å². The Balaban J connectivity index is 1.89. The molecule has 4 atom stereocenters. The van der Waals surface area contributed by atoms with Crippen molar-refractivity contribution >= 4 is 5.91 Å². The molecular formula is C14H26N2O. The van der Waals surface area contributed by atoms with Gasteiger partial charge in [0, 0.05) is 12.6 Å². The molecule has 17 heavy (non-hydrogen) atoms. The van der Waals surface area contributed by atoms with Crippen LogP contribution in [0.1, 0.15) is 46.5 Å². The lowest BCUT2D eigenvalue weighted by atomic mass is 9.83. The zero-order chi connectivity index (χ0) is 12.6. The standard InChI is InChI=1S/C14H26N2O/c1-4-14(2,3)8-16-13(17)11-9-5-6-10(7-9)12(11)15/h9-12H,4-8,15H2,1-3H3,(H,16,17). The van der Waals surface area contributed by atoms with E-state index in [9.17, 15) is 4.79 Å². The van der Waals surface area contributed by atoms with E-state index in [1.165, 1.54) is 19.3 Å². The predicted molar refractivity (Wildman–Crippen MR) is 69.4 cm³/mol. The molecule has 2 fully saturated rings. The van der Waals surface area contributed by atoms with Crippen molar-refractivity contribution in [3.63, 3.8) is 0 Å². The Labute approximate surface area is 105 Å². The molecular weight excluding hydrogens is 212 g/mol. The van der Waals surface area contributed by atoms with Crippen molar-refractivity contribution in [3.8, 4) is 0 Å². The molecule has 0 aromatic rings. The summed E-state index contributed by atoms with van der Waals surface area (Å²) in [7, 11) is 0. The van der Waals surface area contributed by atoms with Gasteiger partial charge in [-0.05, 0) is 42.9 Å². The highest BCUT2D eigenvalue weighted by atomic mass is 16.1. The van der Waals surface area contributed by atoms with E-state index < -0.39 is 0 Å². The zero-order valence-electron chi connectivity index (χ0n) is 11.3. The minimum atomic E-state index is 0.0846. The molecule has 0 radical (unpaired) electrons. The van der Waals surface area contributed by atoms with Crippen molar-refractivity contribution in [1.29, 1.82) is 0 Å². The van der Waals surface area contributed by atoms with Crippen LogP contribution in [0, 0.1) is 23.2 Å². The van der Waals surface area contributed by atoms with Gasteiger partial charge in [-0.2, -0.15) is 0 Å². The monoisotopic (exact) mass is 238 g/mol. The summed E-state index contributed by atoms with van der Waals surface area (Å²) >= 11 is 0. The summed E-state index contributed by atoms with van der Waals surface area (Å²) < 4.78 is 0. The van der Waals surface area contributed by atoms with Gasteiger partial charge in [0.25, 0.3) is 0 Å². The molecule has 0 aromatic carbocycles. The third-order valence-corrected chi connectivity index (χ3v) is 4.98. The maximum Gasteiger partial charge on any atom is 0.224 e. The van der Waals surface area contributed by atoms with Crippen LogP contribution in [-0.4, -0.2) is 18.5 Å². The van der Waals surface area contributed by atoms with E-state index in [1.54, 1.807) is 0 Å². The maximum absolute atomic E-state index is 12.2. The Morgan fingerprint density at radius 1 is 1.35 bits per heavy atom. The van der Waals surface area contributed by atoms with E-state index >= 15 is 0 Å². The first-order chi connectivity index (χ1) is 7.94. The number of carbonyl (C=O) groups is 1. The molecule has 3 heteroatoms. The van der Waals surface area contributed by atoms with Crippen LogP contribution in [0.4, 0.5) is 0 Å². The Hall–Kier alpha value is -0.570. The van der Waals surface area contributed by atoms with Crippen molar-refractivity contribution in [2.24, 2.45) is 28.9 Å². The number of carbonyl (C=O) groups excluding carboxylic acids is 1. The van der Waals surface area contributed by atoms with Crippen LogP contribution < -0.4 is 11.1 Å². The molecule has 0 saturated heterocycles. The van der Waals surface area contributed by atoms with Crippen molar-refractivity contribution in [3.05, 3.63) is 0 Å². The smallest absolute Gasteiger partial charge is 0.224 e. The second-order valence-electron chi connectivity index (χ2n) is 6.67. The summed E-state index contributed by atoms with van der Waals surface area (Å²) in [5, 5.41) is 3.11. The number of fused-ring (bicyclic) bond motifs is 2. The lowest BCUT2D eigenvalue weighted by molar-refractivity contribution is -0.127. The molecule has 2 aliphatic rings. The van der Waals surface area contributed by atoms with E-state index in [1.807, 2.05) is 0 Å². The topological polar surface area (TPSA) is 55.1 Å². The van der Waals surface area contributed by atoms with E-state index in [4.69, 9.17) is 5.73 Å². The first kappa shape index (κ1) is 12.9. The number of amides is 1. The molecule has 4 unspecified atom stereocenters. The van der Waals surface area contributed by atoms with E-state index in [0.717, 1.165) is 13.0 Å². The van der Waals surface area contributed by atoms with Crippen molar-refractivity contribution in [2.45, 2.75) is 52.5 Å². The summed E-state index contributed by atoms with van der Waals surface area (Å²) in [6.07, 6.45) is 4.69. The first-order valence-corrected chi connectivity index (χ1v) is 6.98. The lowest BCUT2D eigenvalue weighted by Crippen LogP contribution is -2.47. The van der Waals surface area contributed by atoms with Gasteiger partial charge in [-0.1, -0.05) is 20.8 Å². The molecule has 2 bridgehead atoms. The SMILES string of the molecule is CCC(C)(C)CNC(=O)C1C2CCC(C2)C1N. The molecule has 1 amide bonds. The van der Waals surface area contributed by atoms with Gasteiger partial charge in [0.15, 0.2) is 0 Å². The van der Waals surface area contributed by atoms with E-state index in [0.29, 0.717) is 11.8 Å². The summed E-state index contributed by atoms with van der Waals surface area (Å²) in [5.41, 5.74) is 6.37. The fourth-order valence-electron chi connectivity index (χ4n) is 3.29. The Morgan fingerprint density at radius 3 is 2.53 bits per heavy atom. The van der Waals surface area contributed by atoms with Crippen LogP contribution in [0.5, 0.6) is 0 Å². The second-order valence-corrected chi connectivity index (χ2v) is 6.67. The van der Waals surface area contributed by atoms with Gasteiger partial charge in [-0.25, -0.2) is 0 Å². The van der Waals surface area contributed by atoms with Gasteiger partial charge in [0.1, 0.15) is 0 Å². The van der Waals surface area contributed by atoms with Gasteiger partial charge in [0.05, 0.1) is 5.92 Å². The molecule has 2 aliphatic carbocycles. The Kier molecular flexibility index (Phi) is 3.48. The molecule has 0 heterocycles. The Bertz CT molecular complexity index is 299. The van der Waals surface area contributed by atoms with Crippen LogP contribution in [0.2, 0.25) is 0 Å². The van der Waals surface area contributed by atoms with Crippen LogP contribution >= 0.6 is 0 Å². The van der Waals surface area contributed by atoms with Crippen molar-refractivity contribution in [1.82, 2.24) is 5.32 Å². The normalized spacial score (nSPS) is 36.2. The first-order valence-electron chi connectivity index (χ1n) is 6.98. The molecule has 2 rings (SSSR count). The highest BCUT2D eigenvalue weighted by Gasteiger charge is 2.49. The van der Waals surface area contributed by atoms with Crippen LogP contribution in [-0.2, 0) is 4.79 Å². The summed E-state index contributed by atoms with van der Waals surface area (Å²) in [6.45, 7) is 7.31. The van der Waals surface area contributed by atoms with Crippen LogP contribution in [0.25, 0.3) is 0 Å². The van der Waals surface area contributed by atoms with Crippen molar-refractivity contribution < 1.29 is 4.79 Å². The van der Waals surface area contributed by atoms with Gasteiger partial charge >= 0.3 is 0 Å². The lowest BCUT2D eigenvalue weighted by Gasteiger charge is -2.29. The van der Waals surface area contributed by atoms with Gasteiger partial charge < -0.3 is 11.1 Å². The number of rotatable bonds is 4. The molecule has 0 aromatic heterocycles. The van der Waals surface area contributed by atoms with Gasteiger partial charge in [-0.3, -0.25) is 4.79 Å². The number of nitrogens with two attached hydrogens (primary N) is 1. The number of nitrogens with one attached hydrogen (secondary N) is 1. The average Bonchev–Trinajstić information content (AvgIpc) is 2.86. The molecule has 2 saturated carbocycles. The molecule has 3 N–H and O–H groups in total. The van der Waals surface area contributed by atoms with Crippen molar-refractivity contribution in [2.75, 3.05) is 6.54 Å². The predicted octanol–water partition coefficient (Wildman–Crippen LogP) is 1.91. The molecule has 98 valence electrons. The third kappa shape index (κ3) is 2.49. The van der Waals surface area contributed by atoms with E-state index in [-0.39, 0.29) is 23.3 Å². The minimum Gasteiger partial charge on any atom is -0.355 e. The molecule has 0 aliphatic heterocycles. The zero-order valence-corrected chi connectivity index (χ0v) is 11.3.